The smallest absolute Gasteiger partial charge is 0.313 e. The van der Waals surface area contributed by atoms with Crippen molar-refractivity contribution in [3.63, 3.8) is 0 Å². The SMILES string of the molecule is CCC(C(=O)OCCNC(=O)c1ccncc1)c1ccccc1. The van der Waals surface area contributed by atoms with E-state index in [2.05, 4.69) is 10.3 Å². The third-order valence-corrected chi connectivity index (χ3v) is 3.47. The molecule has 1 atom stereocenters. The third-order valence-electron chi connectivity index (χ3n) is 3.47. The summed E-state index contributed by atoms with van der Waals surface area (Å²) in [6.07, 6.45) is 3.79. The highest BCUT2D eigenvalue weighted by atomic mass is 16.5. The maximum atomic E-state index is 12.1. The summed E-state index contributed by atoms with van der Waals surface area (Å²) in [4.78, 5) is 27.8. The summed E-state index contributed by atoms with van der Waals surface area (Å²) >= 11 is 0. The second kappa shape index (κ2) is 8.68. The summed E-state index contributed by atoms with van der Waals surface area (Å²) in [5.41, 5.74) is 1.47. The monoisotopic (exact) mass is 312 g/mol. The normalized spacial score (nSPS) is 11.5. The number of pyridine rings is 1. The predicted octanol–water partition coefficient (Wildman–Crippen LogP) is 2.55. The fourth-order valence-electron chi connectivity index (χ4n) is 2.25. The Bertz CT molecular complexity index is 629. The molecule has 2 rings (SSSR count). The van der Waals surface area contributed by atoms with Crippen molar-refractivity contribution in [1.82, 2.24) is 10.3 Å². The van der Waals surface area contributed by atoms with Gasteiger partial charge in [0.1, 0.15) is 6.61 Å². The molecular weight excluding hydrogens is 292 g/mol. The number of carbonyl (C=O) groups is 2. The van der Waals surface area contributed by atoms with Gasteiger partial charge in [-0.3, -0.25) is 14.6 Å². The van der Waals surface area contributed by atoms with Crippen LogP contribution < -0.4 is 5.32 Å². The van der Waals surface area contributed by atoms with Gasteiger partial charge in [-0.15, -0.1) is 0 Å². The van der Waals surface area contributed by atoms with Gasteiger partial charge < -0.3 is 10.1 Å². The predicted molar refractivity (Wildman–Crippen MR) is 87.0 cm³/mol. The molecule has 1 aromatic heterocycles. The van der Waals surface area contributed by atoms with Crippen molar-refractivity contribution in [2.24, 2.45) is 0 Å². The van der Waals surface area contributed by atoms with Crippen LogP contribution in [-0.2, 0) is 9.53 Å². The van der Waals surface area contributed by atoms with E-state index in [4.69, 9.17) is 4.74 Å². The van der Waals surface area contributed by atoms with E-state index in [1.807, 2.05) is 37.3 Å². The topological polar surface area (TPSA) is 68.3 Å². The molecule has 0 saturated carbocycles. The van der Waals surface area contributed by atoms with E-state index in [0.717, 1.165) is 5.56 Å². The minimum absolute atomic E-state index is 0.152. The van der Waals surface area contributed by atoms with Gasteiger partial charge in [0.2, 0.25) is 0 Å². The van der Waals surface area contributed by atoms with Crippen LogP contribution in [-0.4, -0.2) is 30.0 Å². The van der Waals surface area contributed by atoms with Crippen LogP contribution in [0.1, 0.15) is 35.2 Å². The zero-order valence-corrected chi connectivity index (χ0v) is 13.1. The summed E-state index contributed by atoms with van der Waals surface area (Å²) in [5.74, 6) is -0.748. The van der Waals surface area contributed by atoms with E-state index in [0.29, 0.717) is 12.0 Å². The fourth-order valence-corrected chi connectivity index (χ4v) is 2.25. The molecule has 1 N–H and O–H groups in total. The lowest BCUT2D eigenvalue weighted by atomic mass is 9.97. The number of nitrogens with one attached hydrogen (secondary N) is 1. The number of hydrogen-bond donors (Lipinski definition) is 1. The van der Waals surface area contributed by atoms with Gasteiger partial charge in [0.05, 0.1) is 12.5 Å². The number of benzene rings is 1. The van der Waals surface area contributed by atoms with Crippen molar-refractivity contribution < 1.29 is 14.3 Å². The van der Waals surface area contributed by atoms with E-state index in [-0.39, 0.29) is 30.9 Å². The van der Waals surface area contributed by atoms with Gasteiger partial charge in [-0.05, 0) is 24.1 Å². The van der Waals surface area contributed by atoms with Crippen molar-refractivity contribution >= 4 is 11.9 Å². The summed E-state index contributed by atoms with van der Waals surface area (Å²) in [6, 6.07) is 12.8. The molecule has 23 heavy (non-hydrogen) atoms. The van der Waals surface area contributed by atoms with E-state index in [1.165, 1.54) is 0 Å². The minimum Gasteiger partial charge on any atom is -0.463 e. The molecule has 1 amide bonds. The Labute approximate surface area is 135 Å². The highest BCUT2D eigenvalue weighted by Crippen LogP contribution is 2.20. The van der Waals surface area contributed by atoms with Crippen LogP contribution in [0.2, 0.25) is 0 Å². The highest BCUT2D eigenvalue weighted by molar-refractivity contribution is 5.93. The molecule has 120 valence electrons. The lowest BCUT2D eigenvalue weighted by Crippen LogP contribution is -2.28. The minimum atomic E-state index is -0.271. The van der Waals surface area contributed by atoms with Gasteiger partial charge in [0.15, 0.2) is 0 Å². The zero-order valence-electron chi connectivity index (χ0n) is 13.1. The molecule has 0 bridgehead atoms. The van der Waals surface area contributed by atoms with E-state index in [1.54, 1.807) is 24.5 Å². The van der Waals surface area contributed by atoms with Crippen LogP contribution >= 0.6 is 0 Å². The average molecular weight is 312 g/mol. The molecule has 0 spiro atoms. The van der Waals surface area contributed by atoms with Crippen LogP contribution in [0.15, 0.2) is 54.9 Å². The Morgan fingerprint density at radius 1 is 1.13 bits per heavy atom. The van der Waals surface area contributed by atoms with Crippen molar-refractivity contribution in [2.45, 2.75) is 19.3 Å². The van der Waals surface area contributed by atoms with E-state index >= 15 is 0 Å². The highest BCUT2D eigenvalue weighted by Gasteiger charge is 2.19. The summed E-state index contributed by atoms with van der Waals surface area (Å²) in [6.45, 7) is 2.38. The molecule has 2 aromatic rings. The summed E-state index contributed by atoms with van der Waals surface area (Å²) in [7, 11) is 0. The number of ether oxygens (including phenoxy) is 1. The Hall–Kier alpha value is -2.69. The van der Waals surface area contributed by atoms with Crippen LogP contribution in [0.5, 0.6) is 0 Å². The number of nitrogens with zero attached hydrogens (tertiary/aromatic N) is 1. The van der Waals surface area contributed by atoms with Crippen molar-refractivity contribution in [2.75, 3.05) is 13.2 Å². The molecule has 0 aliphatic heterocycles. The van der Waals surface area contributed by atoms with Gasteiger partial charge in [-0.1, -0.05) is 37.3 Å². The van der Waals surface area contributed by atoms with Crippen LogP contribution in [0.4, 0.5) is 0 Å². The lowest BCUT2D eigenvalue weighted by molar-refractivity contribution is -0.145. The second-order valence-electron chi connectivity index (χ2n) is 5.03. The van der Waals surface area contributed by atoms with Gasteiger partial charge in [0.25, 0.3) is 5.91 Å². The van der Waals surface area contributed by atoms with Gasteiger partial charge in [-0.25, -0.2) is 0 Å². The maximum Gasteiger partial charge on any atom is 0.313 e. The number of amides is 1. The number of aromatic nitrogens is 1. The quantitative estimate of drug-likeness (QED) is 0.630. The summed E-state index contributed by atoms with van der Waals surface area (Å²) in [5, 5.41) is 2.71. The standard InChI is InChI=1S/C18H20N2O3/c1-2-16(14-6-4-3-5-7-14)18(22)23-13-12-20-17(21)15-8-10-19-11-9-15/h3-11,16H,2,12-13H2,1H3,(H,20,21). The first-order chi connectivity index (χ1) is 11.2. The molecular formula is C18H20N2O3. The molecule has 0 aliphatic rings. The van der Waals surface area contributed by atoms with Crippen LogP contribution in [0, 0.1) is 0 Å². The summed E-state index contributed by atoms with van der Waals surface area (Å²) < 4.78 is 5.27. The van der Waals surface area contributed by atoms with Crippen molar-refractivity contribution in [1.29, 1.82) is 0 Å². The maximum absolute atomic E-state index is 12.1. The number of hydrogen-bond acceptors (Lipinski definition) is 4. The Balaban J connectivity index is 1.77. The van der Waals surface area contributed by atoms with Crippen LogP contribution in [0.3, 0.4) is 0 Å². The molecule has 1 unspecified atom stereocenters. The van der Waals surface area contributed by atoms with E-state index in [9.17, 15) is 9.59 Å². The molecule has 1 heterocycles. The van der Waals surface area contributed by atoms with Gasteiger partial charge in [-0.2, -0.15) is 0 Å². The molecule has 1 aromatic carbocycles. The molecule has 0 radical (unpaired) electrons. The van der Waals surface area contributed by atoms with Gasteiger partial charge in [0, 0.05) is 18.0 Å². The zero-order chi connectivity index (χ0) is 16.5. The Morgan fingerprint density at radius 3 is 2.48 bits per heavy atom. The molecule has 5 heteroatoms. The van der Waals surface area contributed by atoms with Crippen molar-refractivity contribution in [3.05, 3.63) is 66.0 Å². The second-order valence-corrected chi connectivity index (χ2v) is 5.03. The first kappa shape index (κ1) is 16.7. The van der Waals surface area contributed by atoms with Gasteiger partial charge >= 0.3 is 5.97 Å². The molecule has 0 saturated heterocycles. The molecule has 0 fully saturated rings. The van der Waals surface area contributed by atoms with Crippen molar-refractivity contribution in [3.8, 4) is 0 Å². The number of rotatable bonds is 7. The Morgan fingerprint density at radius 2 is 1.83 bits per heavy atom. The first-order valence-corrected chi connectivity index (χ1v) is 7.62. The number of esters is 1. The molecule has 5 nitrogen and oxygen atoms in total. The third kappa shape index (κ3) is 4.92. The molecule has 0 aliphatic carbocycles. The van der Waals surface area contributed by atoms with Crippen LogP contribution in [0.25, 0.3) is 0 Å². The first-order valence-electron chi connectivity index (χ1n) is 7.62. The fraction of sp³-hybridized carbons (Fsp3) is 0.278. The lowest BCUT2D eigenvalue weighted by Gasteiger charge is -2.14. The number of carbonyl (C=O) groups excluding carboxylic acids is 2. The Kier molecular flexibility index (Phi) is 6.29. The average Bonchev–Trinajstić information content (AvgIpc) is 2.61. The largest absolute Gasteiger partial charge is 0.463 e. The van der Waals surface area contributed by atoms with E-state index < -0.39 is 0 Å².